The van der Waals surface area contributed by atoms with Gasteiger partial charge in [0.25, 0.3) is 0 Å². The first-order valence-electron chi connectivity index (χ1n) is 8.77. The Morgan fingerprint density at radius 3 is 2.61 bits per heavy atom. The molecule has 5 heteroatoms. The molecule has 5 nitrogen and oxygen atoms in total. The lowest BCUT2D eigenvalue weighted by Gasteiger charge is -2.36. The molecule has 128 valence electrons. The van der Waals surface area contributed by atoms with Gasteiger partial charge in [-0.2, -0.15) is 0 Å². The number of aryl methyl sites for hydroxylation is 1. The van der Waals surface area contributed by atoms with Crippen LogP contribution in [0.2, 0.25) is 0 Å². The van der Waals surface area contributed by atoms with E-state index in [1.807, 2.05) is 4.90 Å². The van der Waals surface area contributed by atoms with E-state index in [1.165, 1.54) is 5.69 Å². The van der Waals surface area contributed by atoms with Crippen molar-refractivity contribution in [1.29, 1.82) is 0 Å². The van der Waals surface area contributed by atoms with Crippen molar-refractivity contribution in [3.63, 3.8) is 0 Å². The van der Waals surface area contributed by atoms with Crippen molar-refractivity contribution >= 4 is 5.91 Å². The average Bonchev–Trinajstić information content (AvgIpc) is 3.14. The first-order chi connectivity index (χ1) is 11.1. The van der Waals surface area contributed by atoms with Crippen LogP contribution < -0.4 is 0 Å². The second kappa shape index (κ2) is 7.05. The quantitative estimate of drug-likeness (QED) is 0.911. The van der Waals surface area contributed by atoms with Crippen LogP contribution in [0.1, 0.15) is 25.5 Å². The van der Waals surface area contributed by atoms with E-state index >= 15 is 0 Å². The molecule has 2 saturated heterocycles. The molecule has 23 heavy (non-hydrogen) atoms. The number of carbonyl (C=O) groups is 1. The lowest BCUT2D eigenvalue weighted by Crippen LogP contribution is -2.40. The van der Waals surface area contributed by atoms with Crippen LogP contribution in [0.25, 0.3) is 0 Å². The van der Waals surface area contributed by atoms with Crippen LogP contribution in [0.4, 0.5) is 0 Å². The number of aromatic nitrogens is 1. The Morgan fingerprint density at radius 2 is 2.04 bits per heavy atom. The number of piperidine rings is 1. The summed E-state index contributed by atoms with van der Waals surface area (Å²) in [7, 11) is 2.09. The lowest BCUT2D eigenvalue weighted by molar-refractivity contribution is -0.130. The number of hydrogen-bond donors (Lipinski definition) is 1. The molecule has 0 bridgehead atoms. The number of carbonyl (C=O) groups excluding carboxylic acids is 1. The number of aliphatic hydroxyl groups excluding tert-OH is 1. The average molecular weight is 319 g/mol. The Bertz CT molecular complexity index is 534. The summed E-state index contributed by atoms with van der Waals surface area (Å²) in [4.78, 5) is 15.9. The van der Waals surface area contributed by atoms with Gasteiger partial charge in [-0.05, 0) is 42.7 Å². The Kier molecular flexibility index (Phi) is 5.07. The molecule has 0 saturated carbocycles. The van der Waals surface area contributed by atoms with Gasteiger partial charge in [-0.15, -0.1) is 0 Å². The number of nitrogens with zero attached hydrogens (tertiary/aromatic N) is 3. The minimum Gasteiger partial charge on any atom is -0.396 e. The maximum Gasteiger partial charge on any atom is 0.219 e. The van der Waals surface area contributed by atoms with Crippen molar-refractivity contribution in [2.45, 2.75) is 26.3 Å². The van der Waals surface area contributed by atoms with Crippen LogP contribution in [0.5, 0.6) is 0 Å². The van der Waals surface area contributed by atoms with Gasteiger partial charge in [0.05, 0.1) is 0 Å². The third kappa shape index (κ3) is 3.61. The lowest BCUT2D eigenvalue weighted by atomic mass is 9.79. The van der Waals surface area contributed by atoms with Crippen molar-refractivity contribution < 1.29 is 9.90 Å². The number of likely N-dealkylation sites (tertiary alicyclic amines) is 2. The van der Waals surface area contributed by atoms with E-state index in [-0.39, 0.29) is 12.5 Å². The molecule has 2 aliphatic rings. The topological polar surface area (TPSA) is 48.7 Å². The molecule has 1 amide bonds. The third-order valence-corrected chi connectivity index (χ3v) is 5.83. The first-order valence-corrected chi connectivity index (χ1v) is 8.77. The monoisotopic (exact) mass is 319 g/mol. The highest BCUT2D eigenvalue weighted by molar-refractivity contribution is 5.73. The Labute approximate surface area is 138 Å². The second-order valence-electron chi connectivity index (χ2n) is 7.25. The first kappa shape index (κ1) is 16.5. The van der Waals surface area contributed by atoms with Gasteiger partial charge in [-0.25, -0.2) is 0 Å². The molecule has 2 fully saturated rings. The fraction of sp³-hybridized carbons (Fsp3) is 0.722. The van der Waals surface area contributed by atoms with Gasteiger partial charge in [-0.1, -0.05) is 0 Å². The van der Waals surface area contributed by atoms with Crippen molar-refractivity contribution in [3.05, 3.63) is 24.0 Å². The number of amides is 1. The summed E-state index contributed by atoms with van der Waals surface area (Å²) >= 11 is 0. The molecule has 2 atom stereocenters. The summed E-state index contributed by atoms with van der Waals surface area (Å²) in [6, 6.07) is 4.26. The normalized spacial score (nSPS) is 26.8. The molecule has 0 aliphatic carbocycles. The van der Waals surface area contributed by atoms with Gasteiger partial charge in [-0.3, -0.25) is 9.69 Å². The zero-order chi connectivity index (χ0) is 16.4. The molecule has 0 spiro atoms. The van der Waals surface area contributed by atoms with E-state index in [0.29, 0.717) is 17.8 Å². The minimum absolute atomic E-state index is 0.193. The summed E-state index contributed by atoms with van der Waals surface area (Å²) in [5.74, 6) is 1.78. The van der Waals surface area contributed by atoms with Crippen LogP contribution in [0.3, 0.4) is 0 Å². The van der Waals surface area contributed by atoms with E-state index in [9.17, 15) is 9.90 Å². The van der Waals surface area contributed by atoms with Crippen LogP contribution in [-0.4, -0.2) is 58.2 Å². The Morgan fingerprint density at radius 1 is 1.30 bits per heavy atom. The van der Waals surface area contributed by atoms with Gasteiger partial charge in [0.15, 0.2) is 0 Å². The molecule has 0 radical (unpaired) electrons. The molecular weight excluding hydrogens is 290 g/mol. The molecule has 1 aromatic heterocycles. The Hall–Kier alpha value is -1.33. The van der Waals surface area contributed by atoms with Crippen LogP contribution in [-0.2, 0) is 18.4 Å². The molecule has 1 aromatic rings. The summed E-state index contributed by atoms with van der Waals surface area (Å²) in [6.45, 7) is 6.72. The van der Waals surface area contributed by atoms with Crippen molar-refractivity contribution in [1.82, 2.24) is 14.4 Å². The minimum atomic E-state index is 0.193. The van der Waals surface area contributed by atoms with Crippen molar-refractivity contribution in [2.24, 2.45) is 24.8 Å². The fourth-order valence-electron chi connectivity index (χ4n) is 4.38. The third-order valence-electron chi connectivity index (χ3n) is 5.83. The predicted molar refractivity (Wildman–Crippen MR) is 89.7 cm³/mol. The zero-order valence-electron chi connectivity index (χ0n) is 14.3. The molecule has 3 rings (SSSR count). The number of hydrogen-bond acceptors (Lipinski definition) is 3. The maximum atomic E-state index is 11.5. The summed E-state index contributed by atoms with van der Waals surface area (Å²) < 4.78 is 2.17. The number of rotatable bonds is 4. The highest BCUT2D eigenvalue weighted by Crippen LogP contribution is 2.36. The van der Waals surface area contributed by atoms with Gasteiger partial charge in [0, 0.05) is 65.2 Å². The summed E-state index contributed by atoms with van der Waals surface area (Å²) in [6.07, 6.45) is 4.25. The van der Waals surface area contributed by atoms with Crippen molar-refractivity contribution in [3.8, 4) is 0 Å². The van der Waals surface area contributed by atoms with E-state index in [1.54, 1.807) is 6.92 Å². The fourth-order valence-corrected chi connectivity index (χ4v) is 4.38. The van der Waals surface area contributed by atoms with E-state index in [2.05, 4.69) is 34.8 Å². The largest absolute Gasteiger partial charge is 0.396 e. The highest BCUT2D eigenvalue weighted by atomic mass is 16.3. The SMILES string of the molecule is CC(=O)N1CCC([C@@H]2CN(Cc3cccn3C)C[C@H]2CO)CC1. The van der Waals surface area contributed by atoms with E-state index in [4.69, 9.17) is 0 Å². The summed E-state index contributed by atoms with van der Waals surface area (Å²) in [5, 5.41) is 9.81. The van der Waals surface area contributed by atoms with Gasteiger partial charge >= 0.3 is 0 Å². The number of aliphatic hydroxyl groups is 1. The maximum absolute atomic E-state index is 11.5. The van der Waals surface area contributed by atoms with Gasteiger partial charge < -0.3 is 14.6 Å². The van der Waals surface area contributed by atoms with Crippen LogP contribution >= 0.6 is 0 Å². The molecule has 1 N–H and O–H groups in total. The molecule has 3 heterocycles. The van der Waals surface area contributed by atoms with Crippen LogP contribution in [0, 0.1) is 17.8 Å². The van der Waals surface area contributed by atoms with Gasteiger partial charge in [0.2, 0.25) is 5.91 Å². The molecule has 0 aromatic carbocycles. The molecule has 2 aliphatic heterocycles. The van der Waals surface area contributed by atoms with Crippen molar-refractivity contribution in [2.75, 3.05) is 32.8 Å². The Balaban J connectivity index is 1.59. The standard InChI is InChI=1S/C18H29N3O2/c1-14(23)21-8-5-15(6-9-21)18-12-20(10-16(18)13-22)11-17-4-3-7-19(17)2/h3-4,7,15-16,18,22H,5-6,8-13H2,1-2H3/t16-,18-/m0/s1. The molecule has 0 unspecified atom stereocenters. The molecular formula is C18H29N3O2. The second-order valence-corrected chi connectivity index (χ2v) is 7.25. The predicted octanol–water partition coefficient (Wildman–Crippen LogP) is 1.32. The van der Waals surface area contributed by atoms with E-state index in [0.717, 1.165) is 45.6 Å². The highest BCUT2D eigenvalue weighted by Gasteiger charge is 2.38. The summed E-state index contributed by atoms with van der Waals surface area (Å²) in [5.41, 5.74) is 1.33. The smallest absolute Gasteiger partial charge is 0.219 e. The van der Waals surface area contributed by atoms with Gasteiger partial charge in [0.1, 0.15) is 0 Å². The van der Waals surface area contributed by atoms with Crippen LogP contribution in [0.15, 0.2) is 18.3 Å². The van der Waals surface area contributed by atoms with E-state index < -0.39 is 0 Å². The zero-order valence-corrected chi connectivity index (χ0v) is 14.3.